The first-order valence-corrected chi connectivity index (χ1v) is 7.48. The highest BCUT2D eigenvalue weighted by Gasteiger charge is 2.26. The summed E-state index contributed by atoms with van der Waals surface area (Å²) in [6.45, 7) is 0. The van der Waals surface area contributed by atoms with Gasteiger partial charge in [-0.3, -0.25) is 9.59 Å². The van der Waals surface area contributed by atoms with Gasteiger partial charge in [-0.15, -0.1) is 0 Å². The van der Waals surface area contributed by atoms with Crippen LogP contribution in [0.3, 0.4) is 0 Å². The van der Waals surface area contributed by atoms with E-state index in [4.69, 9.17) is 34.7 Å². The molecule has 0 saturated heterocycles. The normalized spacial score (nSPS) is 21.8. The number of carbonyl (C=O) groups excluding carboxylic acids is 2. The van der Waals surface area contributed by atoms with Gasteiger partial charge < -0.3 is 16.8 Å². The van der Waals surface area contributed by atoms with Crippen molar-refractivity contribution in [3.05, 3.63) is 27.7 Å². The second kappa shape index (κ2) is 6.54. The van der Waals surface area contributed by atoms with E-state index in [0.29, 0.717) is 31.4 Å². The molecular weight excluding hydrogens is 313 g/mol. The summed E-state index contributed by atoms with van der Waals surface area (Å²) >= 11 is 11.9. The van der Waals surface area contributed by atoms with Crippen LogP contribution in [-0.2, 0) is 4.79 Å². The first kappa shape index (κ1) is 15.9. The number of benzene rings is 1. The number of hydrogen-bond acceptors (Lipinski definition) is 3. The van der Waals surface area contributed by atoms with Gasteiger partial charge in [0.2, 0.25) is 5.91 Å². The summed E-state index contributed by atoms with van der Waals surface area (Å²) in [5.41, 5.74) is 11.6. The molecule has 1 fully saturated rings. The lowest BCUT2D eigenvalue weighted by molar-refractivity contribution is -0.122. The van der Waals surface area contributed by atoms with E-state index >= 15 is 0 Å². The van der Waals surface area contributed by atoms with Crippen LogP contribution in [0.5, 0.6) is 0 Å². The zero-order chi connectivity index (χ0) is 15.6. The molecule has 1 aliphatic rings. The van der Waals surface area contributed by atoms with E-state index in [1.165, 1.54) is 12.1 Å². The van der Waals surface area contributed by atoms with Crippen LogP contribution in [0.15, 0.2) is 12.1 Å². The molecule has 5 nitrogen and oxygen atoms in total. The van der Waals surface area contributed by atoms with Crippen molar-refractivity contribution < 1.29 is 9.59 Å². The molecule has 0 spiro atoms. The summed E-state index contributed by atoms with van der Waals surface area (Å²) in [7, 11) is 0. The van der Waals surface area contributed by atoms with Gasteiger partial charge in [0.05, 0.1) is 15.6 Å². The summed E-state index contributed by atoms with van der Waals surface area (Å²) in [6.07, 6.45) is 2.80. The minimum absolute atomic E-state index is 0.00405. The smallest absolute Gasteiger partial charge is 0.253 e. The molecule has 0 atom stereocenters. The van der Waals surface area contributed by atoms with E-state index in [9.17, 15) is 9.59 Å². The Labute approximate surface area is 133 Å². The zero-order valence-electron chi connectivity index (χ0n) is 11.4. The lowest BCUT2D eigenvalue weighted by Crippen LogP contribution is -2.39. The molecule has 0 heterocycles. The Morgan fingerprint density at radius 1 is 1.14 bits per heavy atom. The molecule has 21 heavy (non-hydrogen) atoms. The van der Waals surface area contributed by atoms with Crippen LogP contribution in [0.25, 0.3) is 0 Å². The van der Waals surface area contributed by atoms with Crippen LogP contribution in [0.1, 0.15) is 36.0 Å². The summed E-state index contributed by atoms with van der Waals surface area (Å²) in [5, 5.41) is 3.34. The highest BCUT2D eigenvalue weighted by Crippen LogP contribution is 2.29. The van der Waals surface area contributed by atoms with Crippen LogP contribution >= 0.6 is 23.2 Å². The van der Waals surface area contributed by atoms with Crippen LogP contribution in [-0.4, -0.2) is 17.9 Å². The van der Waals surface area contributed by atoms with Gasteiger partial charge in [-0.1, -0.05) is 23.2 Å². The number of nitrogens with two attached hydrogens (primary N) is 2. The van der Waals surface area contributed by atoms with E-state index in [0.717, 1.165) is 0 Å². The maximum atomic E-state index is 12.3. The third-order valence-electron chi connectivity index (χ3n) is 3.76. The monoisotopic (exact) mass is 329 g/mol. The largest absolute Gasteiger partial charge is 0.399 e. The van der Waals surface area contributed by atoms with Gasteiger partial charge in [0.15, 0.2) is 0 Å². The van der Waals surface area contributed by atoms with E-state index in [2.05, 4.69) is 5.32 Å². The van der Waals surface area contributed by atoms with E-state index in [-0.39, 0.29) is 39.4 Å². The van der Waals surface area contributed by atoms with Gasteiger partial charge >= 0.3 is 0 Å². The Kier molecular flexibility index (Phi) is 4.96. The van der Waals surface area contributed by atoms with Gasteiger partial charge in [-0.25, -0.2) is 0 Å². The number of anilines is 1. The van der Waals surface area contributed by atoms with Crippen molar-refractivity contribution in [1.29, 1.82) is 0 Å². The number of amides is 2. The van der Waals surface area contributed by atoms with Gasteiger partial charge in [0.25, 0.3) is 5.91 Å². The highest BCUT2D eigenvalue weighted by molar-refractivity contribution is 6.44. The summed E-state index contributed by atoms with van der Waals surface area (Å²) in [6, 6.07) is 3.00. The summed E-state index contributed by atoms with van der Waals surface area (Å²) < 4.78 is 0. The molecule has 0 bridgehead atoms. The van der Waals surface area contributed by atoms with E-state index < -0.39 is 0 Å². The zero-order valence-corrected chi connectivity index (χ0v) is 12.9. The molecular formula is C14H17Cl2N3O2. The van der Waals surface area contributed by atoms with Gasteiger partial charge in [0.1, 0.15) is 0 Å². The van der Waals surface area contributed by atoms with Crippen LogP contribution < -0.4 is 16.8 Å². The Hall–Kier alpha value is -1.46. The molecule has 2 amide bonds. The summed E-state index contributed by atoms with van der Waals surface area (Å²) in [4.78, 5) is 23.4. The number of hydrogen-bond donors (Lipinski definition) is 3. The lowest BCUT2D eigenvalue weighted by atomic mass is 9.85. The standard InChI is InChI=1S/C14H17Cl2N3O2/c15-11-6-8(17)5-10(12(11)16)14(21)19-9-3-1-7(2-4-9)13(18)20/h5-7,9H,1-4,17H2,(H2,18,20)(H,19,21). The van der Waals surface area contributed by atoms with E-state index in [1.807, 2.05) is 0 Å². The highest BCUT2D eigenvalue weighted by atomic mass is 35.5. The second-order valence-corrected chi connectivity index (χ2v) is 6.07. The molecule has 2 rings (SSSR count). The SMILES string of the molecule is NC(=O)C1CCC(NC(=O)c2cc(N)cc(Cl)c2Cl)CC1. The maximum Gasteiger partial charge on any atom is 0.253 e. The van der Waals surface area contributed by atoms with Crippen molar-refractivity contribution in [2.75, 3.05) is 5.73 Å². The van der Waals surface area contributed by atoms with Crippen molar-refractivity contribution in [2.24, 2.45) is 11.7 Å². The van der Waals surface area contributed by atoms with Crippen LogP contribution in [0.4, 0.5) is 5.69 Å². The molecule has 7 heteroatoms. The van der Waals surface area contributed by atoms with Crippen molar-refractivity contribution in [2.45, 2.75) is 31.7 Å². The quantitative estimate of drug-likeness (QED) is 0.742. The number of carbonyl (C=O) groups is 2. The molecule has 1 aromatic carbocycles. The predicted molar refractivity (Wildman–Crippen MR) is 83.3 cm³/mol. The number of nitrogen functional groups attached to an aromatic ring is 1. The molecule has 0 aromatic heterocycles. The minimum Gasteiger partial charge on any atom is -0.399 e. The Morgan fingerprint density at radius 2 is 1.76 bits per heavy atom. The molecule has 0 aliphatic heterocycles. The third kappa shape index (κ3) is 3.80. The predicted octanol–water partition coefficient (Wildman–Crippen LogP) is 2.35. The first-order chi connectivity index (χ1) is 9.88. The fourth-order valence-corrected chi connectivity index (χ4v) is 2.98. The number of primary amides is 1. The lowest BCUT2D eigenvalue weighted by Gasteiger charge is -2.27. The fourth-order valence-electron chi connectivity index (χ4n) is 2.56. The fraction of sp³-hybridized carbons (Fsp3) is 0.429. The van der Waals surface area contributed by atoms with Gasteiger partial charge in [-0.2, -0.15) is 0 Å². The third-order valence-corrected chi connectivity index (χ3v) is 4.56. The first-order valence-electron chi connectivity index (χ1n) is 6.73. The van der Waals surface area contributed by atoms with Crippen LogP contribution in [0.2, 0.25) is 10.0 Å². The molecule has 1 aliphatic carbocycles. The Morgan fingerprint density at radius 3 is 2.33 bits per heavy atom. The molecule has 0 radical (unpaired) electrons. The topological polar surface area (TPSA) is 98.2 Å². The van der Waals surface area contributed by atoms with Crippen LogP contribution in [0, 0.1) is 5.92 Å². The molecule has 114 valence electrons. The van der Waals surface area contributed by atoms with Crippen molar-refractivity contribution in [1.82, 2.24) is 5.32 Å². The van der Waals surface area contributed by atoms with Crippen molar-refractivity contribution in [3.63, 3.8) is 0 Å². The van der Waals surface area contributed by atoms with Gasteiger partial charge in [0, 0.05) is 17.6 Å². The van der Waals surface area contributed by atoms with E-state index in [1.54, 1.807) is 0 Å². The number of halogens is 2. The Balaban J connectivity index is 2.01. The Bertz CT molecular complexity index is 570. The van der Waals surface area contributed by atoms with Crippen molar-refractivity contribution >= 4 is 40.7 Å². The minimum atomic E-state index is -0.309. The second-order valence-electron chi connectivity index (χ2n) is 5.29. The average Bonchev–Trinajstić information content (AvgIpc) is 2.43. The molecule has 1 aromatic rings. The number of nitrogens with one attached hydrogen (secondary N) is 1. The number of rotatable bonds is 3. The van der Waals surface area contributed by atoms with Crippen molar-refractivity contribution in [3.8, 4) is 0 Å². The average molecular weight is 330 g/mol. The molecule has 1 saturated carbocycles. The summed E-state index contributed by atoms with van der Waals surface area (Å²) in [5.74, 6) is -0.675. The molecule has 0 unspecified atom stereocenters. The van der Waals surface area contributed by atoms with Gasteiger partial charge in [-0.05, 0) is 37.8 Å². The molecule has 5 N–H and O–H groups in total. The maximum absolute atomic E-state index is 12.3.